The number of nitro benzene ring substituents is 1. The molecule has 110 valence electrons. The topological polar surface area (TPSA) is 46.4 Å². The molecular formula is C16H17FN2O2. The van der Waals surface area contributed by atoms with Gasteiger partial charge >= 0.3 is 5.69 Å². The lowest BCUT2D eigenvalue weighted by molar-refractivity contribution is -0.387. The molecule has 0 aliphatic rings. The summed E-state index contributed by atoms with van der Waals surface area (Å²) >= 11 is 0. The van der Waals surface area contributed by atoms with E-state index in [1.54, 1.807) is 6.07 Å². The number of halogens is 1. The number of hydrogen-bond donors (Lipinski definition) is 0. The van der Waals surface area contributed by atoms with Crippen LogP contribution in [0, 0.1) is 22.9 Å². The SMILES string of the molecule is Cc1ccccc1CN(C)Cc1cccc([N+](=O)[O-])c1F. The Morgan fingerprint density at radius 2 is 1.71 bits per heavy atom. The Labute approximate surface area is 123 Å². The van der Waals surface area contributed by atoms with E-state index in [0.29, 0.717) is 18.7 Å². The summed E-state index contributed by atoms with van der Waals surface area (Å²) in [6.07, 6.45) is 0. The zero-order valence-electron chi connectivity index (χ0n) is 12.0. The quantitative estimate of drug-likeness (QED) is 0.623. The normalized spacial score (nSPS) is 10.9. The van der Waals surface area contributed by atoms with Crippen molar-refractivity contribution in [3.63, 3.8) is 0 Å². The van der Waals surface area contributed by atoms with Crippen LogP contribution in [0.4, 0.5) is 10.1 Å². The van der Waals surface area contributed by atoms with Gasteiger partial charge in [0.05, 0.1) is 4.92 Å². The zero-order valence-corrected chi connectivity index (χ0v) is 12.0. The van der Waals surface area contributed by atoms with Crippen molar-refractivity contribution >= 4 is 5.69 Å². The van der Waals surface area contributed by atoms with E-state index in [4.69, 9.17) is 0 Å². The fourth-order valence-electron chi connectivity index (χ4n) is 2.25. The van der Waals surface area contributed by atoms with Gasteiger partial charge in [-0.1, -0.05) is 36.4 Å². The van der Waals surface area contributed by atoms with Crippen LogP contribution in [0.2, 0.25) is 0 Å². The second-order valence-corrected chi connectivity index (χ2v) is 5.11. The number of nitrogens with zero attached hydrogens (tertiary/aromatic N) is 2. The molecule has 2 aromatic carbocycles. The van der Waals surface area contributed by atoms with Gasteiger partial charge in [-0.25, -0.2) is 0 Å². The van der Waals surface area contributed by atoms with Crippen molar-refractivity contribution in [2.45, 2.75) is 20.0 Å². The Kier molecular flexibility index (Phi) is 4.65. The van der Waals surface area contributed by atoms with Gasteiger partial charge in [-0.05, 0) is 25.1 Å². The molecule has 0 fully saturated rings. The molecule has 0 atom stereocenters. The Morgan fingerprint density at radius 1 is 1.10 bits per heavy atom. The van der Waals surface area contributed by atoms with Crippen LogP contribution in [0.3, 0.4) is 0 Å². The summed E-state index contributed by atoms with van der Waals surface area (Å²) in [5, 5.41) is 10.7. The summed E-state index contributed by atoms with van der Waals surface area (Å²) in [4.78, 5) is 12.0. The van der Waals surface area contributed by atoms with Gasteiger partial charge in [-0.3, -0.25) is 15.0 Å². The molecule has 0 aromatic heterocycles. The van der Waals surface area contributed by atoms with E-state index >= 15 is 0 Å². The van der Waals surface area contributed by atoms with E-state index in [-0.39, 0.29) is 0 Å². The minimum atomic E-state index is -0.751. The molecule has 0 heterocycles. The molecule has 0 aliphatic heterocycles. The molecule has 0 unspecified atom stereocenters. The molecule has 0 amide bonds. The molecule has 0 bridgehead atoms. The first-order chi connectivity index (χ1) is 9.99. The van der Waals surface area contributed by atoms with Gasteiger partial charge < -0.3 is 0 Å². The van der Waals surface area contributed by atoms with E-state index in [1.165, 1.54) is 17.7 Å². The smallest absolute Gasteiger partial charge is 0.298 e. The van der Waals surface area contributed by atoms with Gasteiger partial charge in [0.1, 0.15) is 0 Å². The summed E-state index contributed by atoms with van der Waals surface area (Å²) in [6, 6.07) is 12.3. The van der Waals surface area contributed by atoms with Crippen molar-refractivity contribution < 1.29 is 9.31 Å². The lowest BCUT2D eigenvalue weighted by Gasteiger charge is -2.18. The highest BCUT2D eigenvalue weighted by Gasteiger charge is 2.18. The molecule has 0 aliphatic carbocycles. The first-order valence-electron chi connectivity index (χ1n) is 6.64. The third kappa shape index (κ3) is 3.64. The summed E-state index contributed by atoms with van der Waals surface area (Å²) in [5.41, 5.74) is 2.19. The average Bonchev–Trinajstić information content (AvgIpc) is 2.43. The van der Waals surface area contributed by atoms with Crippen LogP contribution in [-0.4, -0.2) is 16.9 Å². The molecule has 4 nitrogen and oxygen atoms in total. The van der Waals surface area contributed by atoms with Crippen molar-refractivity contribution in [1.82, 2.24) is 4.90 Å². The summed E-state index contributed by atoms with van der Waals surface area (Å²) in [7, 11) is 1.87. The molecule has 2 rings (SSSR count). The van der Waals surface area contributed by atoms with Crippen molar-refractivity contribution in [2.75, 3.05) is 7.05 Å². The van der Waals surface area contributed by atoms with Gasteiger partial charge in [-0.15, -0.1) is 0 Å². The third-order valence-corrected chi connectivity index (χ3v) is 3.40. The zero-order chi connectivity index (χ0) is 15.4. The van der Waals surface area contributed by atoms with Crippen LogP contribution in [0.1, 0.15) is 16.7 Å². The van der Waals surface area contributed by atoms with Gasteiger partial charge in [0.15, 0.2) is 0 Å². The van der Waals surface area contributed by atoms with Gasteiger partial charge in [0.2, 0.25) is 5.82 Å². The van der Waals surface area contributed by atoms with Gasteiger partial charge in [-0.2, -0.15) is 4.39 Å². The monoisotopic (exact) mass is 288 g/mol. The summed E-state index contributed by atoms with van der Waals surface area (Å²) in [5.74, 6) is -0.751. The minimum Gasteiger partial charge on any atom is -0.298 e. The molecular weight excluding hydrogens is 271 g/mol. The number of nitro groups is 1. The maximum Gasteiger partial charge on any atom is 0.305 e. The van der Waals surface area contributed by atoms with Crippen LogP contribution < -0.4 is 0 Å². The second kappa shape index (κ2) is 6.45. The van der Waals surface area contributed by atoms with Crippen LogP contribution in [0.5, 0.6) is 0 Å². The molecule has 0 saturated heterocycles. The van der Waals surface area contributed by atoms with E-state index in [1.807, 2.05) is 43.1 Å². The Balaban J connectivity index is 2.13. The fraction of sp³-hybridized carbons (Fsp3) is 0.250. The Bertz CT molecular complexity index is 658. The van der Waals surface area contributed by atoms with Gasteiger partial charge in [0.25, 0.3) is 0 Å². The highest BCUT2D eigenvalue weighted by molar-refractivity contribution is 5.36. The third-order valence-electron chi connectivity index (χ3n) is 3.40. The van der Waals surface area contributed by atoms with Crippen LogP contribution >= 0.6 is 0 Å². The Morgan fingerprint density at radius 3 is 2.38 bits per heavy atom. The van der Waals surface area contributed by atoms with Crippen LogP contribution in [0.15, 0.2) is 42.5 Å². The van der Waals surface area contributed by atoms with Crippen molar-refractivity contribution in [2.24, 2.45) is 0 Å². The number of aryl methyl sites for hydroxylation is 1. The molecule has 0 spiro atoms. The van der Waals surface area contributed by atoms with Gasteiger partial charge in [0, 0.05) is 24.7 Å². The molecule has 0 radical (unpaired) electrons. The molecule has 0 N–H and O–H groups in total. The molecule has 2 aromatic rings. The lowest BCUT2D eigenvalue weighted by Crippen LogP contribution is -2.18. The lowest BCUT2D eigenvalue weighted by atomic mass is 10.1. The molecule has 0 saturated carbocycles. The number of rotatable bonds is 5. The van der Waals surface area contributed by atoms with Crippen molar-refractivity contribution in [3.8, 4) is 0 Å². The van der Waals surface area contributed by atoms with E-state index in [2.05, 4.69) is 0 Å². The minimum absolute atomic E-state index is 0.321. The maximum absolute atomic E-state index is 14.0. The largest absolute Gasteiger partial charge is 0.305 e. The highest BCUT2D eigenvalue weighted by atomic mass is 19.1. The van der Waals surface area contributed by atoms with E-state index in [9.17, 15) is 14.5 Å². The fourth-order valence-corrected chi connectivity index (χ4v) is 2.25. The number of hydrogen-bond acceptors (Lipinski definition) is 3. The predicted molar refractivity (Wildman–Crippen MR) is 79.4 cm³/mol. The number of benzene rings is 2. The van der Waals surface area contributed by atoms with Crippen LogP contribution in [-0.2, 0) is 13.1 Å². The predicted octanol–water partition coefficient (Wildman–Crippen LogP) is 3.67. The molecule has 21 heavy (non-hydrogen) atoms. The van der Waals surface area contributed by atoms with Crippen molar-refractivity contribution in [1.29, 1.82) is 0 Å². The Hall–Kier alpha value is -2.27. The standard InChI is InChI=1S/C16H17FN2O2/c1-12-6-3-4-7-13(12)10-18(2)11-14-8-5-9-15(16(14)17)19(20)21/h3-9H,10-11H2,1-2H3. The van der Waals surface area contributed by atoms with Crippen molar-refractivity contribution in [3.05, 3.63) is 75.1 Å². The summed E-state index contributed by atoms with van der Waals surface area (Å²) in [6.45, 7) is 3.01. The van der Waals surface area contributed by atoms with Crippen LogP contribution in [0.25, 0.3) is 0 Å². The molecule has 5 heteroatoms. The highest BCUT2D eigenvalue weighted by Crippen LogP contribution is 2.21. The maximum atomic E-state index is 14.0. The first kappa shape index (κ1) is 15.1. The van der Waals surface area contributed by atoms with E-state index in [0.717, 1.165) is 5.56 Å². The second-order valence-electron chi connectivity index (χ2n) is 5.11. The summed E-state index contributed by atoms with van der Waals surface area (Å²) < 4.78 is 14.0. The average molecular weight is 288 g/mol. The van der Waals surface area contributed by atoms with E-state index < -0.39 is 16.4 Å². The first-order valence-corrected chi connectivity index (χ1v) is 6.64.